The number of aromatic nitrogens is 1. The summed E-state index contributed by atoms with van der Waals surface area (Å²) in [5, 5.41) is 6.80. The van der Waals surface area contributed by atoms with Crippen molar-refractivity contribution in [2.75, 3.05) is 12.0 Å². The molecule has 1 aromatic carbocycles. The SMILES string of the molecule is CCOc1cc(/C=N\Nc2nccs2)ccc1OC(C)C. The molecule has 1 aromatic heterocycles. The Bertz CT molecular complexity index is 583. The van der Waals surface area contributed by atoms with Crippen LogP contribution in [-0.4, -0.2) is 23.9 Å². The molecule has 0 radical (unpaired) electrons. The lowest BCUT2D eigenvalue weighted by atomic mass is 10.2. The van der Waals surface area contributed by atoms with Crippen molar-refractivity contribution in [1.82, 2.24) is 4.98 Å². The molecule has 1 heterocycles. The second kappa shape index (κ2) is 7.64. The fourth-order valence-corrected chi connectivity index (χ4v) is 2.14. The molecule has 0 atom stereocenters. The first-order valence-electron chi connectivity index (χ1n) is 6.81. The molecule has 0 amide bonds. The highest BCUT2D eigenvalue weighted by Gasteiger charge is 2.07. The highest BCUT2D eigenvalue weighted by Crippen LogP contribution is 2.29. The fraction of sp³-hybridized carbons (Fsp3) is 0.333. The molecule has 0 saturated carbocycles. The summed E-state index contributed by atoms with van der Waals surface area (Å²) >= 11 is 1.50. The standard InChI is InChI=1S/C15H19N3O2S/c1-4-19-14-9-12(5-6-13(14)20-11(2)3)10-17-18-15-16-7-8-21-15/h5-11H,4H2,1-3H3,(H,16,18)/b17-10-. The Morgan fingerprint density at radius 2 is 2.24 bits per heavy atom. The predicted molar refractivity (Wildman–Crippen MR) is 86.7 cm³/mol. The van der Waals surface area contributed by atoms with E-state index in [1.807, 2.05) is 44.4 Å². The van der Waals surface area contributed by atoms with Crippen molar-refractivity contribution in [1.29, 1.82) is 0 Å². The number of nitrogens with zero attached hydrogens (tertiary/aromatic N) is 2. The zero-order valence-corrected chi connectivity index (χ0v) is 13.2. The maximum absolute atomic E-state index is 5.72. The predicted octanol–water partition coefficient (Wildman–Crippen LogP) is 3.78. The van der Waals surface area contributed by atoms with E-state index < -0.39 is 0 Å². The molecule has 0 aliphatic heterocycles. The molecule has 2 rings (SSSR count). The van der Waals surface area contributed by atoms with Crippen LogP contribution in [0.15, 0.2) is 34.9 Å². The van der Waals surface area contributed by atoms with E-state index in [0.717, 1.165) is 22.2 Å². The Labute approximate surface area is 128 Å². The second-order valence-electron chi connectivity index (χ2n) is 4.51. The first-order valence-corrected chi connectivity index (χ1v) is 7.69. The molecule has 0 aliphatic rings. The minimum Gasteiger partial charge on any atom is -0.490 e. The van der Waals surface area contributed by atoms with Crippen molar-refractivity contribution in [3.63, 3.8) is 0 Å². The van der Waals surface area contributed by atoms with E-state index in [-0.39, 0.29) is 6.10 Å². The smallest absolute Gasteiger partial charge is 0.203 e. The number of thiazole rings is 1. The van der Waals surface area contributed by atoms with Gasteiger partial charge in [0.1, 0.15) is 0 Å². The van der Waals surface area contributed by atoms with E-state index in [2.05, 4.69) is 15.5 Å². The lowest BCUT2D eigenvalue weighted by molar-refractivity contribution is 0.224. The van der Waals surface area contributed by atoms with E-state index in [9.17, 15) is 0 Å². The number of hydrazone groups is 1. The van der Waals surface area contributed by atoms with E-state index >= 15 is 0 Å². The lowest BCUT2D eigenvalue weighted by Crippen LogP contribution is -2.07. The van der Waals surface area contributed by atoms with Gasteiger partial charge in [-0.1, -0.05) is 0 Å². The molecule has 2 aromatic rings. The van der Waals surface area contributed by atoms with Crippen LogP contribution in [0, 0.1) is 0 Å². The molecular weight excluding hydrogens is 286 g/mol. The third kappa shape index (κ3) is 4.75. The minimum atomic E-state index is 0.107. The number of ether oxygens (including phenoxy) is 2. The molecule has 0 unspecified atom stereocenters. The molecule has 0 aliphatic carbocycles. The zero-order valence-electron chi connectivity index (χ0n) is 12.4. The molecule has 5 nitrogen and oxygen atoms in total. The summed E-state index contributed by atoms with van der Waals surface area (Å²) in [4.78, 5) is 4.09. The minimum absolute atomic E-state index is 0.107. The number of nitrogens with one attached hydrogen (secondary N) is 1. The van der Waals surface area contributed by atoms with Gasteiger partial charge in [0.2, 0.25) is 5.13 Å². The summed E-state index contributed by atoms with van der Waals surface area (Å²) in [6, 6.07) is 5.75. The van der Waals surface area contributed by atoms with Gasteiger partial charge in [0.15, 0.2) is 11.5 Å². The monoisotopic (exact) mass is 305 g/mol. The molecule has 112 valence electrons. The maximum atomic E-state index is 5.72. The van der Waals surface area contributed by atoms with Crippen LogP contribution in [0.3, 0.4) is 0 Å². The third-order valence-electron chi connectivity index (χ3n) is 2.44. The summed E-state index contributed by atoms with van der Waals surface area (Å²) < 4.78 is 11.3. The van der Waals surface area contributed by atoms with Crippen LogP contribution in [0.5, 0.6) is 11.5 Å². The van der Waals surface area contributed by atoms with Gasteiger partial charge in [-0.25, -0.2) is 4.98 Å². The summed E-state index contributed by atoms with van der Waals surface area (Å²) in [6.45, 7) is 6.52. The fourth-order valence-electron chi connectivity index (χ4n) is 1.67. The number of hydrogen-bond donors (Lipinski definition) is 1. The molecular formula is C15H19N3O2S. The number of benzene rings is 1. The van der Waals surface area contributed by atoms with Crippen molar-refractivity contribution in [3.05, 3.63) is 35.3 Å². The van der Waals surface area contributed by atoms with Crippen LogP contribution in [0.4, 0.5) is 5.13 Å². The topological polar surface area (TPSA) is 55.7 Å². The summed E-state index contributed by atoms with van der Waals surface area (Å²) in [6.07, 6.45) is 3.56. The Hall–Kier alpha value is -2.08. The van der Waals surface area contributed by atoms with Gasteiger partial charge in [-0.2, -0.15) is 5.10 Å². The molecule has 21 heavy (non-hydrogen) atoms. The maximum Gasteiger partial charge on any atom is 0.203 e. The Kier molecular flexibility index (Phi) is 5.57. The van der Waals surface area contributed by atoms with E-state index in [0.29, 0.717) is 6.61 Å². The Balaban J connectivity index is 2.09. The van der Waals surface area contributed by atoms with Crippen molar-refractivity contribution in [2.45, 2.75) is 26.9 Å². The first kappa shape index (κ1) is 15.3. The average molecular weight is 305 g/mol. The van der Waals surface area contributed by atoms with E-state index in [1.54, 1.807) is 12.4 Å². The van der Waals surface area contributed by atoms with Gasteiger partial charge in [0.05, 0.1) is 18.9 Å². The van der Waals surface area contributed by atoms with Gasteiger partial charge in [0, 0.05) is 11.6 Å². The van der Waals surface area contributed by atoms with Gasteiger partial charge in [-0.3, -0.25) is 5.43 Å². The van der Waals surface area contributed by atoms with Gasteiger partial charge >= 0.3 is 0 Å². The summed E-state index contributed by atoms with van der Waals surface area (Å²) in [5.41, 5.74) is 3.81. The van der Waals surface area contributed by atoms with Gasteiger partial charge in [-0.05, 0) is 44.5 Å². The van der Waals surface area contributed by atoms with Crippen LogP contribution < -0.4 is 14.9 Å². The number of rotatable bonds is 7. The highest BCUT2D eigenvalue weighted by atomic mass is 32.1. The molecule has 6 heteroatoms. The lowest BCUT2D eigenvalue weighted by Gasteiger charge is -2.14. The largest absolute Gasteiger partial charge is 0.490 e. The molecule has 1 N–H and O–H groups in total. The van der Waals surface area contributed by atoms with Crippen molar-refractivity contribution >= 4 is 22.7 Å². The average Bonchev–Trinajstić information content (AvgIpc) is 2.94. The van der Waals surface area contributed by atoms with Gasteiger partial charge < -0.3 is 9.47 Å². The molecule has 0 spiro atoms. The zero-order chi connectivity index (χ0) is 15.1. The number of anilines is 1. The normalized spacial score (nSPS) is 11.0. The van der Waals surface area contributed by atoms with Crippen LogP contribution in [0.2, 0.25) is 0 Å². The Morgan fingerprint density at radius 3 is 2.90 bits per heavy atom. The van der Waals surface area contributed by atoms with Crippen LogP contribution in [0.1, 0.15) is 26.3 Å². The van der Waals surface area contributed by atoms with Crippen LogP contribution >= 0.6 is 11.3 Å². The van der Waals surface area contributed by atoms with Crippen molar-refractivity contribution < 1.29 is 9.47 Å². The Morgan fingerprint density at radius 1 is 1.38 bits per heavy atom. The molecule has 0 bridgehead atoms. The van der Waals surface area contributed by atoms with E-state index in [1.165, 1.54) is 11.3 Å². The number of hydrogen-bond acceptors (Lipinski definition) is 6. The summed E-state index contributed by atoms with van der Waals surface area (Å²) in [7, 11) is 0. The molecule has 0 saturated heterocycles. The van der Waals surface area contributed by atoms with Crippen molar-refractivity contribution in [2.24, 2.45) is 5.10 Å². The summed E-state index contributed by atoms with van der Waals surface area (Å²) in [5.74, 6) is 1.47. The van der Waals surface area contributed by atoms with Crippen LogP contribution in [-0.2, 0) is 0 Å². The van der Waals surface area contributed by atoms with Gasteiger partial charge in [0.25, 0.3) is 0 Å². The quantitative estimate of drug-likeness (QED) is 0.625. The second-order valence-corrected chi connectivity index (χ2v) is 5.41. The highest BCUT2D eigenvalue weighted by molar-refractivity contribution is 7.13. The van der Waals surface area contributed by atoms with Gasteiger partial charge in [-0.15, -0.1) is 11.3 Å². The third-order valence-corrected chi connectivity index (χ3v) is 3.11. The first-order chi connectivity index (χ1) is 10.2. The van der Waals surface area contributed by atoms with Crippen molar-refractivity contribution in [3.8, 4) is 11.5 Å². The van der Waals surface area contributed by atoms with Crippen LogP contribution in [0.25, 0.3) is 0 Å². The molecule has 0 fully saturated rings. The van der Waals surface area contributed by atoms with E-state index in [4.69, 9.17) is 9.47 Å².